The number of hydrogen-bond acceptors (Lipinski definition) is 3. The summed E-state index contributed by atoms with van der Waals surface area (Å²) in [6.45, 7) is 13.7. The van der Waals surface area contributed by atoms with Crippen LogP contribution in [0.4, 0.5) is 5.82 Å². The van der Waals surface area contributed by atoms with Crippen LogP contribution in [0.5, 0.6) is 0 Å². The second kappa shape index (κ2) is 7.22. The van der Waals surface area contributed by atoms with E-state index in [1.807, 2.05) is 10.7 Å². The molecular formula is C17H31ClN4O. The van der Waals surface area contributed by atoms with Crippen LogP contribution in [0.25, 0.3) is 0 Å². The molecule has 1 atom stereocenters. The number of amides is 1. The van der Waals surface area contributed by atoms with Gasteiger partial charge in [-0.3, -0.25) is 4.79 Å². The molecule has 5 nitrogen and oxygen atoms in total. The average molecular weight is 343 g/mol. The standard InChI is InChI=1S/C17H30N4O.ClH/c1-16(2,3)13-11-14(21(20-13)17(4,5)6)19-15(22)10-12-8-7-9-18-12;/h11-12,18H,7-10H2,1-6H3,(H,19,22);1H. The number of rotatable bonds is 3. The normalized spacial score (nSPS) is 18.6. The van der Waals surface area contributed by atoms with E-state index in [9.17, 15) is 4.79 Å². The fraction of sp³-hybridized carbons (Fsp3) is 0.765. The molecule has 6 heteroatoms. The lowest BCUT2D eigenvalue weighted by Gasteiger charge is -2.23. The second-order valence-electron chi connectivity index (χ2n) is 8.29. The third kappa shape index (κ3) is 5.21. The van der Waals surface area contributed by atoms with Crippen LogP contribution in [0.15, 0.2) is 6.07 Å². The summed E-state index contributed by atoms with van der Waals surface area (Å²) in [5.74, 6) is 0.852. The van der Waals surface area contributed by atoms with Gasteiger partial charge in [-0.05, 0) is 40.2 Å². The van der Waals surface area contributed by atoms with Crippen LogP contribution in [0, 0.1) is 0 Å². The first-order chi connectivity index (χ1) is 10.1. The van der Waals surface area contributed by atoms with Gasteiger partial charge < -0.3 is 10.6 Å². The summed E-state index contributed by atoms with van der Waals surface area (Å²) in [7, 11) is 0. The van der Waals surface area contributed by atoms with Crippen molar-refractivity contribution in [3.8, 4) is 0 Å². The fourth-order valence-corrected chi connectivity index (χ4v) is 2.70. The lowest BCUT2D eigenvalue weighted by molar-refractivity contribution is -0.116. The number of anilines is 1. The molecule has 132 valence electrons. The number of halogens is 1. The van der Waals surface area contributed by atoms with Crippen molar-refractivity contribution in [3.63, 3.8) is 0 Å². The van der Waals surface area contributed by atoms with Crippen molar-refractivity contribution in [1.82, 2.24) is 15.1 Å². The predicted octanol–water partition coefficient (Wildman–Crippen LogP) is 3.44. The van der Waals surface area contributed by atoms with Crippen LogP contribution in [0.1, 0.15) is 66.5 Å². The molecule has 2 heterocycles. The zero-order valence-electron chi connectivity index (χ0n) is 15.2. The predicted molar refractivity (Wildman–Crippen MR) is 97.4 cm³/mol. The summed E-state index contributed by atoms with van der Waals surface area (Å²) in [5.41, 5.74) is 0.789. The first kappa shape index (κ1) is 20.0. The van der Waals surface area contributed by atoms with E-state index in [1.165, 1.54) is 0 Å². The van der Waals surface area contributed by atoms with Crippen molar-refractivity contribution in [1.29, 1.82) is 0 Å². The molecule has 1 saturated heterocycles. The summed E-state index contributed by atoms with van der Waals surface area (Å²) < 4.78 is 1.92. The van der Waals surface area contributed by atoms with E-state index in [4.69, 9.17) is 5.10 Å². The van der Waals surface area contributed by atoms with Crippen molar-refractivity contribution in [2.24, 2.45) is 0 Å². The van der Waals surface area contributed by atoms with Crippen LogP contribution in [0.2, 0.25) is 0 Å². The van der Waals surface area contributed by atoms with Crippen LogP contribution in [-0.2, 0) is 15.7 Å². The molecule has 0 spiro atoms. The van der Waals surface area contributed by atoms with Gasteiger partial charge in [-0.15, -0.1) is 12.4 Å². The zero-order chi connectivity index (χ0) is 16.5. The summed E-state index contributed by atoms with van der Waals surface area (Å²) >= 11 is 0. The molecule has 1 amide bonds. The zero-order valence-corrected chi connectivity index (χ0v) is 16.0. The van der Waals surface area contributed by atoms with Gasteiger partial charge in [0.1, 0.15) is 5.82 Å². The Morgan fingerprint density at radius 2 is 2.00 bits per heavy atom. The minimum atomic E-state index is -0.169. The average Bonchev–Trinajstić information content (AvgIpc) is 2.95. The summed E-state index contributed by atoms with van der Waals surface area (Å²) in [5, 5.41) is 11.1. The molecule has 2 N–H and O–H groups in total. The van der Waals surface area contributed by atoms with E-state index in [0.717, 1.165) is 30.9 Å². The molecule has 0 aliphatic carbocycles. The van der Waals surface area contributed by atoms with Gasteiger partial charge in [0.25, 0.3) is 0 Å². The lowest BCUT2D eigenvalue weighted by atomic mass is 9.92. The van der Waals surface area contributed by atoms with Crippen molar-refractivity contribution in [2.45, 2.75) is 77.8 Å². The summed E-state index contributed by atoms with van der Waals surface area (Å²) in [6, 6.07) is 2.32. The van der Waals surface area contributed by atoms with Gasteiger partial charge in [0, 0.05) is 23.9 Å². The monoisotopic (exact) mass is 342 g/mol. The highest BCUT2D eigenvalue weighted by atomic mass is 35.5. The Labute approximate surface area is 146 Å². The molecule has 23 heavy (non-hydrogen) atoms. The molecule has 1 aliphatic heterocycles. The third-order valence-electron chi connectivity index (χ3n) is 3.97. The number of carbonyl (C=O) groups is 1. The maximum absolute atomic E-state index is 12.3. The molecule has 1 fully saturated rings. The smallest absolute Gasteiger partial charge is 0.227 e. The molecule has 0 bridgehead atoms. The number of nitrogens with zero attached hydrogens (tertiary/aromatic N) is 2. The van der Waals surface area contributed by atoms with E-state index in [0.29, 0.717) is 12.5 Å². The fourth-order valence-electron chi connectivity index (χ4n) is 2.70. The van der Waals surface area contributed by atoms with Gasteiger partial charge in [-0.2, -0.15) is 5.10 Å². The number of carbonyl (C=O) groups excluding carboxylic acids is 1. The van der Waals surface area contributed by atoms with Crippen molar-refractivity contribution < 1.29 is 4.79 Å². The highest BCUT2D eigenvalue weighted by Gasteiger charge is 2.26. The summed E-state index contributed by atoms with van der Waals surface area (Å²) in [4.78, 5) is 12.3. The second-order valence-corrected chi connectivity index (χ2v) is 8.29. The Bertz CT molecular complexity index is 534. The highest BCUT2D eigenvalue weighted by molar-refractivity contribution is 5.90. The van der Waals surface area contributed by atoms with Gasteiger partial charge in [0.05, 0.1) is 11.2 Å². The maximum atomic E-state index is 12.3. The SMILES string of the molecule is CC(C)(C)c1cc(NC(=O)CC2CCCN2)n(C(C)(C)C)n1.Cl. The molecule has 1 aliphatic rings. The van der Waals surface area contributed by atoms with Crippen molar-refractivity contribution in [2.75, 3.05) is 11.9 Å². The molecule has 1 unspecified atom stereocenters. The molecule has 1 aromatic heterocycles. The molecule has 0 saturated carbocycles. The Kier molecular flexibility index (Phi) is 6.27. The van der Waals surface area contributed by atoms with Gasteiger partial charge in [-0.25, -0.2) is 4.68 Å². The number of nitrogens with one attached hydrogen (secondary N) is 2. The van der Waals surface area contributed by atoms with Crippen molar-refractivity contribution in [3.05, 3.63) is 11.8 Å². The highest BCUT2D eigenvalue weighted by Crippen LogP contribution is 2.28. The molecule has 2 rings (SSSR count). The topological polar surface area (TPSA) is 59.0 Å². The Morgan fingerprint density at radius 3 is 2.48 bits per heavy atom. The van der Waals surface area contributed by atoms with Gasteiger partial charge in [0.15, 0.2) is 0 Å². The van der Waals surface area contributed by atoms with Gasteiger partial charge >= 0.3 is 0 Å². The molecule has 1 aromatic rings. The minimum absolute atomic E-state index is 0. The third-order valence-corrected chi connectivity index (χ3v) is 3.97. The minimum Gasteiger partial charge on any atom is -0.313 e. The first-order valence-electron chi connectivity index (χ1n) is 8.21. The van der Waals surface area contributed by atoms with Gasteiger partial charge in [0.2, 0.25) is 5.91 Å². The number of hydrogen-bond donors (Lipinski definition) is 2. The number of aromatic nitrogens is 2. The van der Waals surface area contributed by atoms with Crippen LogP contribution in [0.3, 0.4) is 0 Å². The van der Waals surface area contributed by atoms with Crippen LogP contribution < -0.4 is 10.6 Å². The van der Waals surface area contributed by atoms with E-state index in [1.54, 1.807) is 0 Å². The van der Waals surface area contributed by atoms with E-state index in [2.05, 4.69) is 52.2 Å². The quantitative estimate of drug-likeness (QED) is 0.884. The van der Waals surface area contributed by atoms with Crippen LogP contribution >= 0.6 is 12.4 Å². The molecule has 0 radical (unpaired) electrons. The first-order valence-corrected chi connectivity index (χ1v) is 8.21. The van der Waals surface area contributed by atoms with Gasteiger partial charge in [-0.1, -0.05) is 20.8 Å². The van der Waals surface area contributed by atoms with E-state index < -0.39 is 0 Å². The van der Waals surface area contributed by atoms with Crippen LogP contribution in [-0.4, -0.2) is 28.3 Å². The molecular weight excluding hydrogens is 312 g/mol. The van der Waals surface area contributed by atoms with Crippen molar-refractivity contribution >= 4 is 24.1 Å². The summed E-state index contributed by atoms with van der Waals surface area (Å²) in [6.07, 6.45) is 2.77. The largest absolute Gasteiger partial charge is 0.313 e. The Hall–Kier alpha value is -1.07. The Balaban J connectivity index is 0.00000264. The maximum Gasteiger partial charge on any atom is 0.227 e. The lowest BCUT2D eigenvalue weighted by Crippen LogP contribution is -2.30. The van der Waals surface area contributed by atoms with E-state index in [-0.39, 0.29) is 29.3 Å². The molecule has 0 aromatic carbocycles. The van der Waals surface area contributed by atoms with E-state index >= 15 is 0 Å². The Morgan fingerprint density at radius 1 is 1.35 bits per heavy atom.